The summed E-state index contributed by atoms with van der Waals surface area (Å²) in [5.74, 6) is 1.50. The van der Waals surface area contributed by atoms with Gasteiger partial charge >= 0.3 is 0 Å². The Morgan fingerprint density at radius 2 is 1.93 bits per heavy atom. The SMILES string of the molecule is CC(C)Cc1nc(Cl)c2c(n1)CCCC2. The highest BCUT2D eigenvalue weighted by molar-refractivity contribution is 6.30. The third-order valence-electron chi connectivity index (χ3n) is 2.77. The Balaban J connectivity index is 2.32. The van der Waals surface area contributed by atoms with E-state index in [2.05, 4.69) is 23.8 Å². The summed E-state index contributed by atoms with van der Waals surface area (Å²) in [4.78, 5) is 9.00. The molecule has 2 rings (SSSR count). The Morgan fingerprint density at radius 3 is 2.67 bits per heavy atom. The first-order valence-electron chi connectivity index (χ1n) is 5.71. The van der Waals surface area contributed by atoms with Crippen LogP contribution in [0.2, 0.25) is 5.15 Å². The largest absolute Gasteiger partial charge is 0.238 e. The van der Waals surface area contributed by atoms with Crippen molar-refractivity contribution in [2.45, 2.75) is 46.0 Å². The molecular weight excluding hydrogens is 208 g/mol. The zero-order valence-corrected chi connectivity index (χ0v) is 10.1. The minimum atomic E-state index is 0.586. The molecule has 0 amide bonds. The van der Waals surface area contributed by atoms with E-state index in [1.807, 2.05) is 0 Å². The van der Waals surface area contributed by atoms with Gasteiger partial charge in [-0.15, -0.1) is 0 Å². The molecule has 0 bridgehead atoms. The Morgan fingerprint density at radius 1 is 1.20 bits per heavy atom. The summed E-state index contributed by atoms with van der Waals surface area (Å²) >= 11 is 6.18. The molecule has 0 unspecified atom stereocenters. The quantitative estimate of drug-likeness (QED) is 0.721. The maximum atomic E-state index is 6.18. The average Bonchev–Trinajstić information content (AvgIpc) is 2.16. The Hall–Kier alpha value is -0.630. The number of hydrogen-bond donors (Lipinski definition) is 0. The van der Waals surface area contributed by atoms with Gasteiger partial charge in [0.15, 0.2) is 0 Å². The topological polar surface area (TPSA) is 25.8 Å². The van der Waals surface area contributed by atoms with Crippen molar-refractivity contribution in [3.8, 4) is 0 Å². The van der Waals surface area contributed by atoms with Crippen LogP contribution in [-0.2, 0) is 19.3 Å². The van der Waals surface area contributed by atoms with E-state index in [0.717, 1.165) is 25.1 Å². The maximum Gasteiger partial charge on any atom is 0.136 e. The maximum absolute atomic E-state index is 6.18. The van der Waals surface area contributed by atoms with Gasteiger partial charge in [0.05, 0.1) is 0 Å². The fourth-order valence-corrected chi connectivity index (χ4v) is 2.35. The molecule has 0 aliphatic heterocycles. The summed E-state index contributed by atoms with van der Waals surface area (Å²) in [6, 6.07) is 0. The van der Waals surface area contributed by atoms with Gasteiger partial charge in [0.2, 0.25) is 0 Å². The van der Waals surface area contributed by atoms with Crippen molar-refractivity contribution in [3.05, 3.63) is 22.2 Å². The molecule has 2 nitrogen and oxygen atoms in total. The molecule has 0 saturated heterocycles. The molecule has 0 fully saturated rings. The number of nitrogens with zero attached hydrogens (tertiary/aromatic N) is 2. The lowest BCUT2D eigenvalue weighted by Crippen LogP contribution is -2.11. The van der Waals surface area contributed by atoms with Crippen molar-refractivity contribution < 1.29 is 0 Å². The van der Waals surface area contributed by atoms with Gasteiger partial charge in [-0.25, -0.2) is 9.97 Å². The molecule has 0 saturated carbocycles. The van der Waals surface area contributed by atoms with E-state index in [-0.39, 0.29) is 0 Å². The van der Waals surface area contributed by atoms with Crippen molar-refractivity contribution >= 4 is 11.6 Å². The smallest absolute Gasteiger partial charge is 0.136 e. The number of hydrogen-bond acceptors (Lipinski definition) is 2. The fraction of sp³-hybridized carbons (Fsp3) is 0.667. The highest BCUT2D eigenvalue weighted by atomic mass is 35.5. The lowest BCUT2D eigenvalue weighted by Gasteiger charge is -2.16. The minimum absolute atomic E-state index is 0.586. The van der Waals surface area contributed by atoms with E-state index in [1.54, 1.807) is 0 Å². The molecule has 15 heavy (non-hydrogen) atoms. The summed E-state index contributed by atoms with van der Waals surface area (Å²) in [6.07, 6.45) is 5.51. The van der Waals surface area contributed by atoms with Crippen molar-refractivity contribution in [1.29, 1.82) is 0 Å². The molecule has 3 heteroatoms. The second-order valence-electron chi connectivity index (χ2n) is 4.66. The lowest BCUT2D eigenvalue weighted by molar-refractivity contribution is 0.601. The summed E-state index contributed by atoms with van der Waals surface area (Å²) in [7, 11) is 0. The second kappa shape index (κ2) is 4.48. The van der Waals surface area contributed by atoms with Gasteiger partial charge in [-0.3, -0.25) is 0 Å². The van der Waals surface area contributed by atoms with Crippen molar-refractivity contribution in [2.75, 3.05) is 0 Å². The third kappa shape index (κ3) is 2.49. The molecule has 1 aromatic rings. The standard InChI is InChI=1S/C12H17ClN2/c1-8(2)7-11-14-10-6-4-3-5-9(10)12(13)15-11/h8H,3-7H2,1-2H3. The Bertz CT molecular complexity index is 361. The van der Waals surface area contributed by atoms with Gasteiger partial charge in [0.1, 0.15) is 11.0 Å². The summed E-state index contributed by atoms with van der Waals surface area (Å²) in [5.41, 5.74) is 2.38. The molecule has 1 aromatic heterocycles. The van der Waals surface area contributed by atoms with Crippen LogP contribution >= 0.6 is 11.6 Å². The van der Waals surface area contributed by atoms with Crippen LogP contribution in [0.5, 0.6) is 0 Å². The molecular formula is C12H17ClN2. The van der Waals surface area contributed by atoms with Crippen molar-refractivity contribution in [3.63, 3.8) is 0 Å². The van der Waals surface area contributed by atoms with Gasteiger partial charge < -0.3 is 0 Å². The molecule has 0 N–H and O–H groups in total. The van der Waals surface area contributed by atoms with Gasteiger partial charge in [-0.1, -0.05) is 25.4 Å². The molecule has 82 valence electrons. The van der Waals surface area contributed by atoms with Crippen LogP contribution in [0.4, 0.5) is 0 Å². The number of aromatic nitrogens is 2. The third-order valence-corrected chi connectivity index (χ3v) is 3.08. The van der Waals surface area contributed by atoms with E-state index in [9.17, 15) is 0 Å². The van der Waals surface area contributed by atoms with Crippen LogP contribution in [0.25, 0.3) is 0 Å². The molecule has 0 atom stereocenters. The van der Waals surface area contributed by atoms with Crippen molar-refractivity contribution in [2.24, 2.45) is 5.92 Å². The van der Waals surface area contributed by atoms with Gasteiger partial charge in [-0.05, 0) is 31.6 Å². The zero-order valence-electron chi connectivity index (χ0n) is 9.39. The number of aryl methyl sites for hydroxylation is 1. The van der Waals surface area contributed by atoms with Gasteiger partial charge in [0.25, 0.3) is 0 Å². The molecule has 0 radical (unpaired) electrons. The van der Waals surface area contributed by atoms with Crippen LogP contribution in [-0.4, -0.2) is 9.97 Å². The predicted molar refractivity (Wildman–Crippen MR) is 62.2 cm³/mol. The lowest BCUT2D eigenvalue weighted by atomic mass is 9.97. The highest BCUT2D eigenvalue weighted by Gasteiger charge is 2.16. The Kier molecular flexibility index (Phi) is 3.25. The molecule has 1 aliphatic carbocycles. The van der Waals surface area contributed by atoms with E-state index in [1.165, 1.54) is 24.1 Å². The average molecular weight is 225 g/mol. The van der Waals surface area contributed by atoms with Crippen LogP contribution in [0.3, 0.4) is 0 Å². The van der Waals surface area contributed by atoms with E-state index >= 15 is 0 Å². The first-order chi connectivity index (χ1) is 7.16. The molecule has 0 spiro atoms. The number of halogens is 1. The first-order valence-corrected chi connectivity index (χ1v) is 6.08. The van der Waals surface area contributed by atoms with E-state index in [0.29, 0.717) is 11.1 Å². The monoisotopic (exact) mass is 224 g/mol. The normalized spacial score (nSPS) is 15.5. The van der Waals surface area contributed by atoms with Crippen LogP contribution in [0.15, 0.2) is 0 Å². The number of fused-ring (bicyclic) bond motifs is 1. The molecule has 1 heterocycles. The van der Waals surface area contributed by atoms with Gasteiger partial charge in [0, 0.05) is 17.7 Å². The molecule has 0 aromatic carbocycles. The predicted octanol–water partition coefficient (Wildman–Crippen LogP) is 3.21. The minimum Gasteiger partial charge on any atom is -0.238 e. The fourth-order valence-electron chi connectivity index (χ4n) is 2.05. The Labute approximate surface area is 96.1 Å². The summed E-state index contributed by atoms with van der Waals surface area (Å²) < 4.78 is 0. The van der Waals surface area contributed by atoms with Crippen molar-refractivity contribution in [1.82, 2.24) is 9.97 Å². The van der Waals surface area contributed by atoms with Crippen LogP contribution < -0.4 is 0 Å². The van der Waals surface area contributed by atoms with E-state index < -0.39 is 0 Å². The number of rotatable bonds is 2. The highest BCUT2D eigenvalue weighted by Crippen LogP contribution is 2.25. The van der Waals surface area contributed by atoms with E-state index in [4.69, 9.17) is 11.6 Å². The summed E-state index contributed by atoms with van der Waals surface area (Å²) in [6.45, 7) is 4.35. The van der Waals surface area contributed by atoms with Crippen LogP contribution in [0.1, 0.15) is 43.8 Å². The zero-order chi connectivity index (χ0) is 10.8. The van der Waals surface area contributed by atoms with Gasteiger partial charge in [-0.2, -0.15) is 0 Å². The summed E-state index contributed by atoms with van der Waals surface area (Å²) in [5, 5.41) is 0.690. The first kappa shape index (κ1) is 10.9. The molecule has 1 aliphatic rings. The second-order valence-corrected chi connectivity index (χ2v) is 5.02. The van der Waals surface area contributed by atoms with Crippen LogP contribution in [0, 0.1) is 5.92 Å².